The Labute approximate surface area is 102 Å². The Kier molecular flexibility index (Phi) is 3.40. The number of aliphatic hydroxyl groups excluding tert-OH is 1. The molecule has 1 atom stereocenters. The minimum atomic E-state index is -0.840. The second-order valence-electron chi connectivity index (χ2n) is 3.60. The lowest BCUT2D eigenvalue weighted by Crippen LogP contribution is -1.97. The van der Waals surface area contributed by atoms with Crippen molar-refractivity contribution in [2.24, 2.45) is 0 Å². The molecule has 0 aliphatic rings. The first-order chi connectivity index (χ1) is 8.08. The van der Waals surface area contributed by atoms with E-state index in [0.717, 1.165) is 0 Å². The summed E-state index contributed by atoms with van der Waals surface area (Å²) < 4.78 is 18.3. The van der Waals surface area contributed by atoms with Gasteiger partial charge in [-0.15, -0.1) is 0 Å². The van der Waals surface area contributed by atoms with Crippen molar-refractivity contribution in [1.82, 2.24) is 10.1 Å². The summed E-state index contributed by atoms with van der Waals surface area (Å²) >= 11 is 5.87. The lowest BCUT2D eigenvalue weighted by molar-refractivity contribution is 0.151. The summed E-state index contributed by atoms with van der Waals surface area (Å²) in [5.41, 5.74) is 0.312. The molecule has 0 aliphatic heterocycles. The molecule has 17 heavy (non-hydrogen) atoms. The van der Waals surface area contributed by atoms with Gasteiger partial charge in [0.05, 0.1) is 0 Å². The largest absolute Gasteiger partial charge is 0.384 e. The van der Waals surface area contributed by atoms with Crippen molar-refractivity contribution >= 4 is 11.6 Å². The summed E-state index contributed by atoms with van der Waals surface area (Å²) in [4.78, 5) is 3.93. The van der Waals surface area contributed by atoms with Crippen molar-refractivity contribution in [3.8, 4) is 0 Å². The molecule has 0 aliphatic carbocycles. The van der Waals surface area contributed by atoms with Crippen LogP contribution in [0.3, 0.4) is 0 Å². The molecule has 1 aromatic carbocycles. The number of halogens is 2. The third-order valence-corrected chi connectivity index (χ3v) is 2.59. The molecule has 0 spiro atoms. The first-order valence-corrected chi connectivity index (χ1v) is 5.39. The Bertz CT molecular complexity index is 508. The van der Waals surface area contributed by atoms with Gasteiger partial charge in [0.15, 0.2) is 5.82 Å². The molecule has 0 fully saturated rings. The minimum Gasteiger partial charge on any atom is -0.384 e. The summed E-state index contributed by atoms with van der Waals surface area (Å²) in [7, 11) is 0. The highest BCUT2D eigenvalue weighted by atomic mass is 35.5. The van der Waals surface area contributed by atoms with Gasteiger partial charge in [-0.1, -0.05) is 22.8 Å². The van der Waals surface area contributed by atoms with E-state index in [-0.39, 0.29) is 18.1 Å². The maximum absolute atomic E-state index is 13.5. The van der Waals surface area contributed by atoms with Crippen LogP contribution in [0.5, 0.6) is 0 Å². The molecule has 1 aromatic heterocycles. The van der Waals surface area contributed by atoms with Gasteiger partial charge in [-0.2, -0.15) is 4.98 Å². The average molecular weight is 257 g/mol. The maximum Gasteiger partial charge on any atom is 0.255 e. The van der Waals surface area contributed by atoms with Crippen molar-refractivity contribution in [3.63, 3.8) is 0 Å². The summed E-state index contributed by atoms with van der Waals surface area (Å²) in [5.74, 6) is -0.0266. The van der Waals surface area contributed by atoms with Crippen LogP contribution in [-0.4, -0.2) is 15.2 Å². The fourth-order valence-electron chi connectivity index (χ4n) is 1.37. The van der Waals surface area contributed by atoms with E-state index in [4.69, 9.17) is 16.1 Å². The van der Waals surface area contributed by atoms with Crippen LogP contribution in [0.2, 0.25) is 5.02 Å². The van der Waals surface area contributed by atoms with Crippen molar-refractivity contribution in [2.45, 2.75) is 19.4 Å². The third kappa shape index (κ3) is 2.62. The van der Waals surface area contributed by atoms with Gasteiger partial charge in [-0.25, -0.2) is 4.39 Å². The molecule has 0 saturated carbocycles. The fourth-order valence-corrected chi connectivity index (χ4v) is 1.60. The smallest absolute Gasteiger partial charge is 0.255 e. The SMILES string of the molecule is C[C@H](O)c1nc(Cc2c(F)cccc2Cl)no1. The minimum absolute atomic E-state index is 0.104. The Morgan fingerprint density at radius 1 is 1.53 bits per heavy atom. The number of hydrogen-bond donors (Lipinski definition) is 1. The van der Waals surface area contributed by atoms with Crippen LogP contribution in [0.15, 0.2) is 22.7 Å². The van der Waals surface area contributed by atoms with Crippen molar-refractivity contribution < 1.29 is 14.0 Å². The summed E-state index contributed by atoms with van der Waals surface area (Å²) in [6, 6.07) is 4.44. The summed E-state index contributed by atoms with van der Waals surface area (Å²) in [5, 5.41) is 13.2. The molecular formula is C11H10ClFN2O2. The lowest BCUT2D eigenvalue weighted by atomic mass is 10.1. The number of aliphatic hydroxyl groups is 1. The second-order valence-corrected chi connectivity index (χ2v) is 4.01. The van der Waals surface area contributed by atoms with Crippen LogP contribution in [0.25, 0.3) is 0 Å². The predicted octanol–water partition coefficient (Wildman–Crippen LogP) is 2.51. The maximum atomic E-state index is 13.5. The molecule has 0 saturated heterocycles. The first-order valence-electron chi connectivity index (χ1n) is 5.01. The number of nitrogens with zero attached hydrogens (tertiary/aromatic N) is 2. The van der Waals surface area contributed by atoms with E-state index in [9.17, 15) is 9.50 Å². The van der Waals surface area contributed by atoms with Crippen LogP contribution in [0.4, 0.5) is 4.39 Å². The first kappa shape index (κ1) is 12.0. The Balaban J connectivity index is 2.25. The van der Waals surface area contributed by atoms with Crippen molar-refractivity contribution in [2.75, 3.05) is 0 Å². The molecule has 2 aromatic rings. The number of rotatable bonds is 3. The highest BCUT2D eigenvalue weighted by molar-refractivity contribution is 6.31. The summed E-state index contributed by atoms with van der Waals surface area (Å²) in [6.07, 6.45) is -0.714. The monoisotopic (exact) mass is 256 g/mol. The predicted molar refractivity (Wildman–Crippen MR) is 59.1 cm³/mol. The molecule has 6 heteroatoms. The molecule has 1 N–H and O–H groups in total. The van der Waals surface area contributed by atoms with Gasteiger partial charge in [0.2, 0.25) is 0 Å². The molecule has 0 bridgehead atoms. The Morgan fingerprint density at radius 2 is 2.29 bits per heavy atom. The van der Waals surface area contributed by atoms with Crippen LogP contribution in [-0.2, 0) is 6.42 Å². The highest BCUT2D eigenvalue weighted by Gasteiger charge is 2.14. The topological polar surface area (TPSA) is 59.2 Å². The van der Waals surface area contributed by atoms with Gasteiger partial charge >= 0.3 is 0 Å². The molecular weight excluding hydrogens is 247 g/mol. The van der Waals surface area contributed by atoms with Gasteiger partial charge in [-0.3, -0.25) is 0 Å². The molecule has 90 valence electrons. The van der Waals surface area contributed by atoms with E-state index >= 15 is 0 Å². The molecule has 0 radical (unpaired) electrons. The molecule has 2 rings (SSSR count). The quantitative estimate of drug-likeness (QED) is 0.917. The molecule has 0 unspecified atom stereocenters. The van der Waals surface area contributed by atoms with Gasteiger partial charge in [0.1, 0.15) is 11.9 Å². The highest BCUT2D eigenvalue weighted by Crippen LogP contribution is 2.21. The van der Waals surface area contributed by atoms with Gasteiger partial charge in [0.25, 0.3) is 5.89 Å². The van der Waals surface area contributed by atoms with E-state index in [0.29, 0.717) is 10.6 Å². The number of aromatic nitrogens is 2. The van der Waals surface area contributed by atoms with E-state index in [2.05, 4.69) is 10.1 Å². The third-order valence-electron chi connectivity index (χ3n) is 2.24. The van der Waals surface area contributed by atoms with Crippen LogP contribution in [0.1, 0.15) is 30.3 Å². The van der Waals surface area contributed by atoms with Gasteiger partial charge in [0, 0.05) is 17.0 Å². The number of benzene rings is 1. The van der Waals surface area contributed by atoms with Gasteiger partial charge < -0.3 is 9.63 Å². The van der Waals surface area contributed by atoms with E-state index in [1.165, 1.54) is 19.1 Å². The molecule has 4 nitrogen and oxygen atoms in total. The van der Waals surface area contributed by atoms with E-state index < -0.39 is 11.9 Å². The lowest BCUT2D eigenvalue weighted by Gasteiger charge is -2.01. The Hall–Kier alpha value is -1.46. The Morgan fingerprint density at radius 3 is 2.88 bits per heavy atom. The second kappa shape index (κ2) is 4.81. The molecule has 0 amide bonds. The fraction of sp³-hybridized carbons (Fsp3) is 0.273. The van der Waals surface area contributed by atoms with Crippen molar-refractivity contribution in [3.05, 3.63) is 46.3 Å². The van der Waals surface area contributed by atoms with E-state index in [1.54, 1.807) is 6.07 Å². The zero-order valence-electron chi connectivity index (χ0n) is 9.02. The standard InChI is InChI=1S/C11H10ClFN2O2/c1-6(16)11-14-10(15-17-11)5-7-8(12)3-2-4-9(7)13/h2-4,6,16H,5H2,1H3/t6-/m0/s1. The zero-order chi connectivity index (χ0) is 12.4. The normalized spacial score (nSPS) is 12.7. The van der Waals surface area contributed by atoms with Crippen molar-refractivity contribution in [1.29, 1.82) is 0 Å². The molecule has 1 heterocycles. The van der Waals surface area contributed by atoms with Crippen LogP contribution in [0, 0.1) is 5.82 Å². The van der Waals surface area contributed by atoms with E-state index in [1.807, 2.05) is 0 Å². The average Bonchev–Trinajstić information content (AvgIpc) is 2.72. The summed E-state index contributed by atoms with van der Waals surface area (Å²) in [6.45, 7) is 1.51. The van der Waals surface area contributed by atoms with Crippen LogP contribution < -0.4 is 0 Å². The number of hydrogen-bond acceptors (Lipinski definition) is 4. The zero-order valence-corrected chi connectivity index (χ0v) is 9.78. The van der Waals surface area contributed by atoms with Crippen LogP contribution >= 0.6 is 11.6 Å². The van der Waals surface area contributed by atoms with Gasteiger partial charge in [-0.05, 0) is 19.1 Å².